The van der Waals surface area contributed by atoms with Crippen LogP contribution in [0.5, 0.6) is 5.75 Å². The third kappa shape index (κ3) is 4.52. The van der Waals surface area contributed by atoms with E-state index in [1.54, 1.807) is 54.9 Å². The summed E-state index contributed by atoms with van der Waals surface area (Å²) in [5.41, 5.74) is 7.96. The lowest BCUT2D eigenvalue weighted by atomic mass is 10.1. The summed E-state index contributed by atoms with van der Waals surface area (Å²) in [6, 6.07) is 18.5. The first-order chi connectivity index (χ1) is 14.9. The Hall–Kier alpha value is -3.82. The van der Waals surface area contributed by atoms with E-state index in [1.165, 1.54) is 6.07 Å². The highest BCUT2D eigenvalue weighted by Crippen LogP contribution is 2.37. The second kappa shape index (κ2) is 8.50. The Kier molecular flexibility index (Phi) is 5.61. The second-order valence-electron chi connectivity index (χ2n) is 6.64. The summed E-state index contributed by atoms with van der Waals surface area (Å²) in [5.74, 6) is 0.498. The van der Waals surface area contributed by atoms with Crippen molar-refractivity contribution in [2.24, 2.45) is 10.2 Å². The van der Waals surface area contributed by atoms with Crippen molar-refractivity contribution in [3.63, 3.8) is 0 Å². The minimum Gasteiger partial charge on any atom is -0.487 e. The molecule has 9 heteroatoms. The van der Waals surface area contributed by atoms with Gasteiger partial charge in [0.15, 0.2) is 0 Å². The molecule has 0 radical (unpaired) electrons. The van der Waals surface area contributed by atoms with Crippen LogP contribution in [0.15, 0.2) is 94.2 Å². The quantitative estimate of drug-likeness (QED) is 0.248. The average molecular weight is 434 g/mol. The van der Waals surface area contributed by atoms with Crippen molar-refractivity contribution in [1.82, 2.24) is 4.98 Å². The maximum absolute atomic E-state index is 11.9. The number of azo groups is 1. The Morgan fingerprint density at radius 2 is 1.55 bits per heavy atom. The van der Waals surface area contributed by atoms with Crippen LogP contribution < -0.4 is 10.5 Å². The molecule has 0 aliphatic rings. The molecular formula is C22H18N4O4S. The maximum Gasteiger partial charge on any atom is 0.295 e. The average Bonchev–Trinajstić information content (AvgIpc) is 2.78. The number of nitrogens with zero attached hydrogens (tertiary/aromatic N) is 3. The van der Waals surface area contributed by atoms with E-state index >= 15 is 0 Å². The normalized spacial score (nSPS) is 11.8. The second-order valence-corrected chi connectivity index (χ2v) is 8.03. The van der Waals surface area contributed by atoms with Crippen LogP contribution in [0, 0.1) is 0 Å². The van der Waals surface area contributed by atoms with Gasteiger partial charge in [-0.3, -0.25) is 9.54 Å². The fraction of sp³-hybridized carbons (Fsp3) is 0.0455. The zero-order chi connectivity index (χ0) is 21.8. The molecule has 3 aromatic carbocycles. The van der Waals surface area contributed by atoms with Gasteiger partial charge in [0, 0.05) is 23.2 Å². The Morgan fingerprint density at radius 3 is 2.29 bits per heavy atom. The van der Waals surface area contributed by atoms with E-state index in [0.717, 1.165) is 5.56 Å². The van der Waals surface area contributed by atoms with E-state index in [0.29, 0.717) is 28.8 Å². The number of hydrogen-bond acceptors (Lipinski definition) is 7. The van der Waals surface area contributed by atoms with Crippen LogP contribution in [0.3, 0.4) is 0 Å². The molecule has 0 bridgehead atoms. The highest BCUT2D eigenvalue weighted by molar-refractivity contribution is 7.86. The summed E-state index contributed by atoms with van der Waals surface area (Å²) >= 11 is 0. The van der Waals surface area contributed by atoms with Gasteiger partial charge in [0.05, 0.1) is 5.69 Å². The number of anilines is 1. The molecular weight excluding hydrogens is 416 g/mol. The molecule has 1 heterocycles. The van der Waals surface area contributed by atoms with Gasteiger partial charge in [0.25, 0.3) is 10.1 Å². The summed E-state index contributed by atoms with van der Waals surface area (Å²) in [5, 5.41) is 9.12. The topological polar surface area (TPSA) is 127 Å². The molecule has 0 saturated carbocycles. The molecule has 4 aromatic rings. The van der Waals surface area contributed by atoms with Crippen LogP contribution >= 0.6 is 0 Å². The van der Waals surface area contributed by atoms with Gasteiger partial charge in [-0.2, -0.15) is 8.42 Å². The first kappa shape index (κ1) is 20.5. The molecule has 0 aliphatic heterocycles. The minimum atomic E-state index is -4.49. The number of aromatic nitrogens is 1. The monoisotopic (exact) mass is 434 g/mol. The molecule has 0 amide bonds. The Bertz CT molecular complexity index is 1370. The van der Waals surface area contributed by atoms with Gasteiger partial charge in [-0.05, 0) is 35.9 Å². The van der Waals surface area contributed by atoms with Crippen molar-refractivity contribution in [1.29, 1.82) is 0 Å². The Balaban J connectivity index is 1.70. The van der Waals surface area contributed by atoms with Gasteiger partial charge >= 0.3 is 0 Å². The van der Waals surface area contributed by atoms with Gasteiger partial charge < -0.3 is 10.5 Å². The molecule has 0 aliphatic carbocycles. The van der Waals surface area contributed by atoms with Crippen molar-refractivity contribution >= 4 is 38.0 Å². The molecule has 0 atom stereocenters. The number of para-hydroxylation sites is 1. The molecule has 0 saturated heterocycles. The smallest absolute Gasteiger partial charge is 0.295 e. The molecule has 8 nitrogen and oxygen atoms in total. The predicted octanol–water partition coefficient (Wildman–Crippen LogP) is 5.06. The Morgan fingerprint density at radius 1 is 0.903 bits per heavy atom. The van der Waals surface area contributed by atoms with Crippen LogP contribution in [-0.2, 0) is 16.7 Å². The number of hydrogen-bond donors (Lipinski definition) is 2. The summed E-state index contributed by atoms with van der Waals surface area (Å²) in [6.45, 7) is 0.320. The van der Waals surface area contributed by atoms with E-state index in [4.69, 9.17) is 10.5 Å². The third-order valence-electron chi connectivity index (χ3n) is 4.58. The van der Waals surface area contributed by atoms with Gasteiger partial charge in [-0.25, -0.2) is 0 Å². The summed E-state index contributed by atoms with van der Waals surface area (Å²) in [4.78, 5) is 3.69. The van der Waals surface area contributed by atoms with Crippen LogP contribution in [0.2, 0.25) is 0 Å². The molecule has 3 N–H and O–H groups in total. The van der Waals surface area contributed by atoms with E-state index < -0.39 is 10.1 Å². The SMILES string of the molecule is Nc1c(N=Nc2ccccc2OCc2ccncc2)cc(S(=O)(=O)O)c2ccccc12. The zero-order valence-electron chi connectivity index (χ0n) is 16.2. The lowest BCUT2D eigenvalue weighted by molar-refractivity contribution is 0.307. The summed E-state index contributed by atoms with van der Waals surface area (Å²) in [7, 11) is -4.49. The molecule has 4 rings (SSSR count). The van der Waals surface area contributed by atoms with Gasteiger partial charge in [-0.15, -0.1) is 10.2 Å². The van der Waals surface area contributed by atoms with Gasteiger partial charge in [-0.1, -0.05) is 36.4 Å². The number of ether oxygens (including phenoxy) is 1. The van der Waals surface area contributed by atoms with E-state index in [2.05, 4.69) is 15.2 Å². The van der Waals surface area contributed by atoms with Crippen molar-refractivity contribution < 1.29 is 17.7 Å². The zero-order valence-corrected chi connectivity index (χ0v) is 17.0. The van der Waals surface area contributed by atoms with E-state index in [9.17, 15) is 13.0 Å². The van der Waals surface area contributed by atoms with Gasteiger partial charge in [0.2, 0.25) is 0 Å². The molecule has 0 spiro atoms. The highest BCUT2D eigenvalue weighted by atomic mass is 32.2. The third-order valence-corrected chi connectivity index (χ3v) is 5.47. The maximum atomic E-state index is 11.9. The molecule has 156 valence electrons. The number of benzene rings is 3. The molecule has 1 aromatic heterocycles. The fourth-order valence-corrected chi connectivity index (χ4v) is 3.77. The van der Waals surface area contributed by atoms with Crippen LogP contribution in [0.1, 0.15) is 5.56 Å². The number of nitrogens with two attached hydrogens (primary N) is 1. The standard InChI is InChI=1S/C22H18N4O4S/c23-22-17-6-2-1-5-16(17)21(31(27,28)29)13-19(22)26-25-18-7-3-4-8-20(18)30-14-15-9-11-24-12-10-15/h1-13H,14,23H2,(H,27,28,29). The number of nitrogen functional groups attached to an aromatic ring is 1. The summed E-state index contributed by atoms with van der Waals surface area (Å²) < 4.78 is 39.2. The first-order valence-corrected chi connectivity index (χ1v) is 10.7. The molecule has 31 heavy (non-hydrogen) atoms. The van der Waals surface area contributed by atoms with Crippen molar-refractivity contribution in [2.75, 3.05) is 5.73 Å². The Labute approximate surface area is 178 Å². The van der Waals surface area contributed by atoms with Crippen molar-refractivity contribution in [3.8, 4) is 5.75 Å². The van der Waals surface area contributed by atoms with Crippen LogP contribution in [-0.4, -0.2) is 18.0 Å². The highest BCUT2D eigenvalue weighted by Gasteiger charge is 2.18. The number of pyridine rings is 1. The van der Waals surface area contributed by atoms with Crippen molar-refractivity contribution in [3.05, 3.63) is 84.7 Å². The van der Waals surface area contributed by atoms with Crippen molar-refractivity contribution in [2.45, 2.75) is 11.5 Å². The van der Waals surface area contributed by atoms with Gasteiger partial charge in [0.1, 0.15) is 28.6 Å². The van der Waals surface area contributed by atoms with Crippen LogP contribution in [0.4, 0.5) is 17.1 Å². The van der Waals surface area contributed by atoms with E-state index in [1.807, 2.05) is 18.2 Å². The predicted molar refractivity (Wildman–Crippen MR) is 117 cm³/mol. The fourth-order valence-electron chi connectivity index (χ4n) is 3.06. The number of fused-ring (bicyclic) bond motifs is 1. The molecule has 0 fully saturated rings. The van der Waals surface area contributed by atoms with E-state index in [-0.39, 0.29) is 16.3 Å². The first-order valence-electron chi connectivity index (χ1n) is 9.24. The molecule has 0 unspecified atom stereocenters. The lowest BCUT2D eigenvalue weighted by Crippen LogP contribution is -2.01. The number of rotatable bonds is 6. The van der Waals surface area contributed by atoms with Crippen LogP contribution in [0.25, 0.3) is 10.8 Å². The lowest BCUT2D eigenvalue weighted by Gasteiger charge is -2.10. The largest absolute Gasteiger partial charge is 0.487 e. The minimum absolute atomic E-state index is 0.121. The summed E-state index contributed by atoms with van der Waals surface area (Å²) in [6.07, 6.45) is 3.36.